The van der Waals surface area contributed by atoms with Gasteiger partial charge in [-0.05, 0) is 31.9 Å². The highest BCUT2D eigenvalue weighted by Gasteiger charge is 2.17. The Morgan fingerprint density at radius 3 is 2.48 bits per heavy atom. The van der Waals surface area contributed by atoms with Crippen LogP contribution in [0, 0.1) is 18.8 Å². The third-order valence-corrected chi connectivity index (χ3v) is 4.09. The number of hydrogen-bond acceptors (Lipinski definition) is 3. The van der Waals surface area contributed by atoms with Gasteiger partial charge >= 0.3 is 5.97 Å². The SMILES string of the molecule is COC(=O)COC(C)(C)C#Cc1c(C)ccc(-c2ccccc2)c1Cl. The summed E-state index contributed by atoms with van der Waals surface area (Å²) < 4.78 is 10.1. The largest absolute Gasteiger partial charge is 0.467 e. The van der Waals surface area contributed by atoms with Crippen LogP contribution in [0.4, 0.5) is 0 Å². The minimum Gasteiger partial charge on any atom is -0.467 e. The van der Waals surface area contributed by atoms with Gasteiger partial charge in [0, 0.05) is 11.1 Å². The van der Waals surface area contributed by atoms with Gasteiger partial charge in [-0.3, -0.25) is 0 Å². The van der Waals surface area contributed by atoms with Gasteiger partial charge in [0.05, 0.1) is 12.1 Å². The predicted octanol–water partition coefficient (Wildman–Crippen LogP) is 4.64. The molecule has 130 valence electrons. The van der Waals surface area contributed by atoms with Crippen molar-refractivity contribution in [3.8, 4) is 23.0 Å². The normalized spacial score (nSPS) is 10.8. The number of halogens is 1. The fraction of sp³-hybridized carbons (Fsp3) is 0.286. The first kappa shape index (κ1) is 19.1. The molecule has 0 radical (unpaired) electrons. The average molecular weight is 357 g/mol. The first-order valence-electron chi connectivity index (χ1n) is 7.92. The second-order valence-electron chi connectivity index (χ2n) is 6.11. The third kappa shape index (κ3) is 5.09. The van der Waals surface area contributed by atoms with Crippen molar-refractivity contribution in [3.05, 3.63) is 58.6 Å². The van der Waals surface area contributed by atoms with Gasteiger partial charge in [0.2, 0.25) is 0 Å². The Labute approximate surface area is 153 Å². The zero-order valence-corrected chi connectivity index (χ0v) is 15.6. The van der Waals surface area contributed by atoms with E-state index < -0.39 is 11.6 Å². The van der Waals surface area contributed by atoms with Crippen LogP contribution in [0.1, 0.15) is 25.0 Å². The Balaban J connectivity index is 2.33. The van der Waals surface area contributed by atoms with Crippen LogP contribution in [0.25, 0.3) is 11.1 Å². The maximum absolute atomic E-state index is 11.2. The second-order valence-corrected chi connectivity index (χ2v) is 6.49. The van der Waals surface area contributed by atoms with E-state index in [2.05, 4.69) is 16.6 Å². The molecule has 2 rings (SSSR count). The molecule has 0 aromatic heterocycles. The lowest BCUT2D eigenvalue weighted by atomic mass is 9.99. The van der Waals surface area contributed by atoms with E-state index in [9.17, 15) is 4.79 Å². The van der Waals surface area contributed by atoms with Crippen LogP contribution in [0.5, 0.6) is 0 Å². The van der Waals surface area contributed by atoms with Crippen molar-refractivity contribution >= 4 is 17.6 Å². The van der Waals surface area contributed by atoms with Gasteiger partial charge in [0.25, 0.3) is 0 Å². The maximum Gasteiger partial charge on any atom is 0.331 e. The number of rotatable bonds is 4. The molecule has 0 atom stereocenters. The number of esters is 1. The molecule has 4 heteroatoms. The van der Waals surface area contributed by atoms with Gasteiger partial charge < -0.3 is 9.47 Å². The summed E-state index contributed by atoms with van der Waals surface area (Å²) in [5.74, 6) is 5.73. The number of benzene rings is 2. The number of ether oxygens (including phenoxy) is 2. The summed E-state index contributed by atoms with van der Waals surface area (Å²) in [5.41, 5.74) is 2.92. The van der Waals surface area contributed by atoms with Crippen molar-refractivity contribution in [3.63, 3.8) is 0 Å². The quantitative estimate of drug-likeness (QED) is 0.591. The molecular weight excluding hydrogens is 336 g/mol. The van der Waals surface area contributed by atoms with Gasteiger partial charge in [-0.1, -0.05) is 65.9 Å². The Kier molecular flexibility index (Phi) is 6.25. The molecule has 0 saturated heterocycles. The molecule has 0 fully saturated rings. The minimum absolute atomic E-state index is 0.144. The molecular formula is C21H21ClO3. The van der Waals surface area contributed by atoms with Crippen molar-refractivity contribution in [2.45, 2.75) is 26.4 Å². The first-order chi connectivity index (χ1) is 11.8. The smallest absolute Gasteiger partial charge is 0.331 e. The number of aryl methyl sites for hydroxylation is 1. The van der Waals surface area contributed by atoms with Crippen molar-refractivity contribution in [1.29, 1.82) is 0 Å². The molecule has 0 amide bonds. The number of methoxy groups -OCH3 is 1. The Bertz CT molecular complexity index is 814. The van der Waals surface area contributed by atoms with Crippen LogP contribution in [-0.4, -0.2) is 25.3 Å². The van der Waals surface area contributed by atoms with Gasteiger partial charge in [-0.25, -0.2) is 4.79 Å². The monoisotopic (exact) mass is 356 g/mol. The molecule has 0 aliphatic carbocycles. The van der Waals surface area contributed by atoms with Crippen molar-refractivity contribution in [1.82, 2.24) is 0 Å². The zero-order valence-electron chi connectivity index (χ0n) is 14.9. The highest BCUT2D eigenvalue weighted by Crippen LogP contribution is 2.32. The van der Waals surface area contributed by atoms with E-state index in [4.69, 9.17) is 16.3 Å². The average Bonchev–Trinajstić information content (AvgIpc) is 2.60. The van der Waals surface area contributed by atoms with Gasteiger partial charge in [-0.15, -0.1) is 0 Å². The number of hydrogen-bond donors (Lipinski definition) is 0. The van der Waals surface area contributed by atoms with E-state index >= 15 is 0 Å². The lowest BCUT2D eigenvalue weighted by Crippen LogP contribution is -2.26. The van der Waals surface area contributed by atoms with E-state index in [-0.39, 0.29) is 6.61 Å². The molecule has 25 heavy (non-hydrogen) atoms. The van der Waals surface area contributed by atoms with Gasteiger partial charge in [-0.2, -0.15) is 0 Å². The summed E-state index contributed by atoms with van der Waals surface area (Å²) in [6.45, 7) is 5.42. The Morgan fingerprint density at radius 1 is 1.16 bits per heavy atom. The summed E-state index contributed by atoms with van der Waals surface area (Å²) in [6.07, 6.45) is 0. The fourth-order valence-electron chi connectivity index (χ4n) is 2.21. The molecule has 0 saturated carbocycles. The second kappa shape index (κ2) is 8.20. The van der Waals surface area contributed by atoms with Crippen LogP contribution in [-0.2, 0) is 14.3 Å². The fourth-order valence-corrected chi connectivity index (χ4v) is 2.58. The van der Waals surface area contributed by atoms with Crippen LogP contribution in [0.3, 0.4) is 0 Å². The zero-order chi connectivity index (χ0) is 18.4. The van der Waals surface area contributed by atoms with E-state index in [1.807, 2.05) is 49.4 Å². The van der Waals surface area contributed by atoms with E-state index in [1.165, 1.54) is 7.11 Å². The van der Waals surface area contributed by atoms with Crippen molar-refractivity contribution in [2.24, 2.45) is 0 Å². The minimum atomic E-state index is -0.799. The topological polar surface area (TPSA) is 35.5 Å². The van der Waals surface area contributed by atoms with Crippen molar-refractivity contribution < 1.29 is 14.3 Å². The number of carbonyl (C=O) groups excluding carboxylic acids is 1. The van der Waals surface area contributed by atoms with E-state index in [1.54, 1.807) is 13.8 Å². The highest BCUT2D eigenvalue weighted by molar-refractivity contribution is 6.34. The van der Waals surface area contributed by atoms with Crippen LogP contribution < -0.4 is 0 Å². The molecule has 0 bridgehead atoms. The molecule has 0 heterocycles. The number of carbonyl (C=O) groups is 1. The molecule has 3 nitrogen and oxygen atoms in total. The third-order valence-electron chi connectivity index (χ3n) is 3.70. The summed E-state index contributed by atoms with van der Waals surface area (Å²) in [5, 5.41) is 0.613. The first-order valence-corrected chi connectivity index (χ1v) is 8.30. The van der Waals surface area contributed by atoms with E-state index in [0.29, 0.717) is 5.02 Å². The Hall–Kier alpha value is -2.28. The highest BCUT2D eigenvalue weighted by atomic mass is 35.5. The van der Waals surface area contributed by atoms with Crippen molar-refractivity contribution in [2.75, 3.05) is 13.7 Å². The maximum atomic E-state index is 11.2. The van der Waals surface area contributed by atoms with Gasteiger partial charge in [0.15, 0.2) is 0 Å². The van der Waals surface area contributed by atoms with E-state index in [0.717, 1.165) is 22.3 Å². The standard InChI is InChI=1S/C21H21ClO3/c1-15-10-11-18(16-8-6-5-7-9-16)20(22)17(15)12-13-21(2,3)25-14-19(23)24-4/h5-11H,14H2,1-4H3. The van der Waals surface area contributed by atoms with Crippen LogP contribution in [0.2, 0.25) is 5.02 Å². The summed E-state index contributed by atoms with van der Waals surface area (Å²) >= 11 is 6.61. The molecule has 0 aliphatic heterocycles. The predicted molar refractivity (Wildman–Crippen MR) is 101 cm³/mol. The molecule has 0 unspecified atom stereocenters. The molecule has 2 aromatic rings. The lowest BCUT2D eigenvalue weighted by molar-refractivity contribution is -0.149. The molecule has 0 spiro atoms. The summed E-state index contributed by atoms with van der Waals surface area (Å²) in [7, 11) is 1.32. The summed E-state index contributed by atoms with van der Waals surface area (Å²) in [6, 6.07) is 13.9. The molecule has 0 aliphatic rings. The summed E-state index contributed by atoms with van der Waals surface area (Å²) in [4.78, 5) is 11.2. The van der Waals surface area contributed by atoms with Crippen LogP contribution in [0.15, 0.2) is 42.5 Å². The van der Waals surface area contributed by atoms with Gasteiger partial charge in [0.1, 0.15) is 12.2 Å². The molecule has 2 aromatic carbocycles. The lowest BCUT2D eigenvalue weighted by Gasteiger charge is -2.18. The Morgan fingerprint density at radius 2 is 1.84 bits per heavy atom. The van der Waals surface area contributed by atoms with Crippen LogP contribution >= 0.6 is 11.6 Å². The molecule has 0 N–H and O–H groups in total.